The fourth-order valence-electron chi connectivity index (χ4n) is 2.71. The number of hydrogen-bond donors (Lipinski definition) is 2. The molecule has 0 aliphatic carbocycles. The van der Waals surface area contributed by atoms with Gasteiger partial charge in [0.25, 0.3) is 5.91 Å². The molecule has 3 rings (SSSR count). The number of carbonyl (C=O) groups is 2. The topological polar surface area (TPSA) is 106 Å². The van der Waals surface area contributed by atoms with E-state index in [-0.39, 0.29) is 17.6 Å². The van der Waals surface area contributed by atoms with Crippen molar-refractivity contribution < 1.29 is 14.3 Å². The van der Waals surface area contributed by atoms with Gasteiger partial charge in [0.05, 0.1) is 31.1 Å². The summed E-state index contributed by atoms with van der Waals surface area (Å²) in [5, 5.41) is 6.07. The van der Waals surface area contributed by atoms with Crippen LogP contribution in [0.2, 0.25) is 0 Å². The lowest BCUT2D eigenvalue weighted by atomic mass is 10.1. The van der Waals surface area contributed by atoms with Crippen LogP contribution in [0.1, 0.15) is 44.9 Å². The first-order chi connectivity index (χ1) is 14.0. The summed E-state index contributed by atoms with van der Waals surface area (Å²) in [5.74, 6) is -0.333. The lowest BCUT2D eigenvalue weighted by Crippen LogP contribution is -2.14. The van der Waals surface area contributed by atoms with E-state index in [1.54, 1.807) is 12.3 Å². The van der Waals surface area contributed by atoms with Crippen LogP contribution in [0.3, 0.4) is 0 Å². The molecule has 0 saturated heterocycles. The zero-order valence-electron chi connectivity index (χ0n) is 16.3. The van der Waals surface area contributed by atoms with Gasteiger partial charge in [0, 0.05) is 18.1 Å². The molecule has 3 aromatic rings. The molecule has 0 aliphatic rings. The molecule has 1 atom stereocenters. The number of rotatable bonds is 6. The van der Waals surface area contributed by atoms with Crippen LogP contribution in [0, 0.1) is 6.92 Å². The molecule has 0 saturated carbocycles. The molecule has 0 spiro atoms. The number of aromatic nitrogens is 3. The van der Waals surface area contributed by atoms with Gasteiger partial charge in [-0.3, -0.25) is 14.8 Å². The van der Waals surface area contributed by atoms with Gasteiger partial charge < -0.3 is 15.4 Å². The number of benzene rings is 1. The minimum atomic E-state index is -0.552. The van der Waals surface area contributed by atoms with Gasteiger partial charge in [-0.25, -0.2) is 9.78 Å². The predicted molar refractivity (Wildman–Crippen MR) is 109 cm³/mol. The Labute approximate surface area is 168 Å². The number of pyridine rings is 1. The number of nitrogens with zero attached hydrogens (tertiary/aromatic N) is 3. The summed E-state index contributed by atoms with van der Waals surface area (Å²) in [6, 6.07) is 9.11. The third-order valence-electron chi connectivity index (χ3n) is 4.18. The minimum Gasteiger partial charge on any atom is -0.464 e. The van der Waals surface area contributed by atoms with Gasteiger partial charge in [0.2, 0.25) is 0 Å². The van der Waals surface area contributed by atoms with Crippen LogP contribution in [0.5, 0.6) is 0 Å². The van der Waals surface area contributed by atoms with Gasteiger partial charge in [-0.1, -0.05) is 12.1 Å². The van der Waals surface area contributed by atoms with Crippen molar-refractivity contribution in [2.45, 2.75) is 19.9 Å². The van der Waals surface area contributed by atoms with E-state index in [1.807, 2.05) is 38.1 Å². The average Bonchev–Trinajstić information content (AvgIpc) is 2.73. The molecule has 2 heterocycles. The predicted octanol–water partition coefficient (Wildman–Crippen LogP) is 3.39. The molecule has 0 aliphatic heterocycles. The fraction of sp³-hybridized carbons (Fsp3) is 0.190. The van der Waals surface area contributed by atoms with Crippen LogP contribution in [0.15, 0.2) is 55.1 Å². The molecule has 0 fully saturated rings. The SMILES string of the molecule is COC(=O)c1cncc(N[C@@H](C)c2cccc(NC(=O)c3cncc(C)c3)c2)n1. The van der Waals surface area contributed by atoms with Crippen molar-refractivity contribution in [2.75, 3.05) is 17.7 Å². The maximum atomic E-state index is 12.4. The van der Waals surface area contributed by atoms with Gasteiger partial charge in [-0.15, -0.1) is 0 Å². The first kappa shape index (κ1) is 19.9. The third kappa shape index (κ3) is 5.13. The number of anilines is 2. The standard InChI is InChI=1S/C21H21N5O3/c1-13-7-16(10-22-9-13)20(27)25-17-6-4-5-15(8-17)14(2)24-19-12-23-11-18(26-19)21(28)29-3/h4-12,14H,1-3H3,(H,24,26)(H,25,27)/t14-/m0/s1. The van der Waals surface area contributed by atoms with Crippen LogP contribution in [0.4, 0.5) is 11.5 Å². The van der Waals surface area contributed by atoms with E-state index >= 15 is 0 Å². The highest BCUT2D eigenvalue weighted by molar-refractivity contribution is 6.04. The second-order valence-electron chi connectivity index (χ2n) is 6.48. The van der Waals surface area contributed by atoms with Gasteiger partial charge in [-0.05, 0) is 43.2 Å². The van der Waals surface area contributed by atoms with Crippen LogP contribution in [-0.2, 0) is 4.74 Å². The Balaban J connectivity index is 1.72. The highest BCUT2D eigenvalue weighted by atomic mass is 16.5. The second kappa shape index (κ2) is 8.92. The summed E-state index contributed by atoms with van der Waals surface area (Å²) >= 11 is 0. The van der Waals surface area contributed by atoms with Crippen molar-refractivity contribution in [1.82, 2.24) is 15.0 Å². The molecule has 8 nitrogen and oxygen atoms in total. The quantitative estimate of drug-likeness (QED) is 0.620. The maximum Gasteiger partial charge on any atom is 0.358 e. The summed E-state index contributed by atoms with van der Waals surface area (Å²) in [7, 11) is 1.29. The number of nitrogens with one attached hydrogen (secondary N) is 2. The van der Waals surface area contributed by atoms with Gasteiger partial charge in [0.1, 0.15) is 5.82 Å². The van der Waals surface area contributed by atoms with E-state index in [4.69, 9.17) is 0 Å². The Morgan fingerprint density at radius 3 is 2.62 bits per heavy atom. The highest BCUT2D eigenvalue weighted by Gasteiger charge is 2.12. The number of hydrogen-bond acceptors (Lipinski definition) is 7. The first-order valence-corrected chi connectivity index (χ1v) is 8.96. The Hall–Kier alpha value is -3.81. The van der Waals surface area contributed by atoms with Gasteiger partial charge in [0.15, 0.2) is 5.69 Å². The second-order valence-corrected chi connectivity index (χ2v) is 6.48. The number of ether oxygens (including phenoxy) is 1. The molecule has 0 unspecified atom stereocenters. The smallest absolute Gasteiger partial charge is 0.358 e. The normalized spacial score (nSPS) is 11.4. The van der Waals surface area contributed by atoms with E-state index in [0.717, 1.165) is 11.1 Å². The van der Waals surface area contributed by atoms with Crippen LogP contribution in [-0.4, -0.2) is 33.9 Å². The molecule has 2 N–H and O–H groups in total. The van der Waals surface area contributed by atoms with E-state index in [2.05, 4.69) is 30.3 Å². The van der Waals surface area contributed by atoms with Gasteiger partial charge >= 0.3 is 5.97 Å². The molecular formula is C21H21N5O3. The van der Waals surface area contributed by atoms with Crippen molar-refractivity contribution in [2.24, 2.45) is 0 Å². The Kier molecular flexibility index (Phi) is 6.13. The lowest BCUT2D eigenvalue weighted by molar-refractivity contribution is 0.0593. The molecule has 148 valence electrons. The lowest BCUT2D eigenvalue weighted by Gasteiger charge is -2.16. The van der Waals surface area contributed by atoms with Crippen molar-refractivity contribution in [3.8, 4) is 0 Å². The Morgan fingerprint density at radius 1 is 1.07 bits per heavy atom. The number of amides is 1. The number of carbonyl (C=O) groups excluding carboxylic acids is 2. The monoisotopic (exact) mass is 391 g/mol. The summed E-state index contributed by atoms with van der Waals surface area (Å²) < 4.78 is 4.66. The number of methoxy groups -OCH3 is 1. The summed E-state index contributed by atoms with van der Waals surface area (Å²) in [6.07, 6.45) is 6.10. The van der Waals surface area contributed by atoms with Crippen molar-refractivity contribution in [1.29, 1.82) is 0 Å². The summed E-state index contributed by atoms with van der Waals surface area (Å²) in [6.45, 7) is 3.83. The fourth-order valence-corrected chi connectivity index (χ4v) is 2.71. The molecule has 2 aromatic heterocycles. The Morgan fingerprint density at radius 2 is 1.86 bits per heavy atom. The highest BCUT2D eigenvalue weighted by Crippen LogP contribution is 2.21. The summed E-state index contributed by atoms with van der Waals surface area (Å²) in [4.78, 5) is 36.3. The zero-order valence-corrected chi connectivity index (χ0v) is 16.3. The van der Waals surface area contributed by atoms with E-state index < -0.39 is 5.97 Å². The Bertz CT molecular complexity index is 1040. The molecule has 1 aromatic carbocycles. The average molecular weight is 391 g/mol. The van der Waals surface area contributed by atoms with E-state index in [9.17, 15) is 9.59 Å². The minimum absolute atomic E-state index is 0.123. The van der Waals surface area contributed by atoms with Crippen molar-refractivity contribution >= 4 is 23.4 Å². The zero-order chi connectivity index (χ0) is 20.8. The van der Waals surface area contributed by atoms with Crippen LogP contribution >= 0.6 is 0 Å². The number of esters is 1. The van der Waals surface area contributed by atoms with Crippen LogP contribution < -0.4 is 10.6 Å². The molecule has 1 amide bonds. The van der Waals surface area contributed by atoms with E-state index in [1.165, 1.54) is 25.7 Å². The van der Waals surface area contributed by atoms with Crippen molar-refractivity contribution in [3.63, 3.8) is 0 Å². The summed E-state index contributed by atoms with van der Waals surface area (Å²) in [5.41, 5.74) is 3.13. The number of aryl methyl sites for hydroxylation is 1. The maximum absolute atomic E-state index is 12.4. The largest absolute Gasteiger partial charge is 0.464 e. The van der Waals surface area contributed by atoms with Gasteiger partial charge in [-0.2, -0.15) is 0 Å². The van der Waals surface area contributed by atoms with Crippen LogP contribution in [0.25, 0.3) is 0 Å². The molecular weight excluding hydrogens is 370 g/mol. The molecule has 0 radical (unpaired) electrons. The molecule has 29 heavy (non-hydrogen) atoms. The first-order valence-electron chi connectivity index (χ1n) is 8.96. The molecule has 0 bridgehead atoms. The molecule has 8 heteroatoms. The third-order valence-corrected chi connectivity index (χ3v) is 4.18. The van der Waals surface area contributed by atoms with E-state index in [0.29, 0.717) is 17.1 Å². The van der Waals surface area contributed by atoms with Crippen molar-refractivity contribution in [3.05, 3.63) is 77.5 Å².